The molecule has 0 bridgehead atoms. The van der Waals surface area contributed by atoms with E-state index < -0.39 is 7.82 Å². The molecule has 0 aliphatic rings. The van der Waals surface area contributed by atoms with Gasteiger partial charge in [0.25, 0.3) is 0 Å². The van der Waals surface area contributed by atoms with Crippen LogP contribution in [0, 0.1) is 0 Å². The van der Waals surface area contributed by atoms with E-state index in [0.29, 0.717) is 0 Å². The summed E-state index contributed by atoms with van der Waals surface area (Å²) in [6, 6.07) is 0. The molecule has 0 saturated carbocycles. The number of rotatable bonds is 0. The van der Waals surface area contributed by atoms with Crippen molar-refractivity contribution in [2.45, 2.75) is 0 Å². The molecule has 0 rings (SSSR count). The van der Waals surface area contributed by atoms with Crippen molar-refractivity contribution in [1.29, 1.82) is 0 Å². The van der Waals surface area contributed by atoms with Crippen LogP contribution in [-0.2, 0) is 23.1 Å². The van der Waals surface area contributed by atoms with Gasteiger partial charge < -0.3 is 14.7 Å². The Balaban J connectivity index is -0.0000000267. The molecule has 0 aromatic heterocycles. The zero-order valence-corrected chi connectivity index (χ0v) is 9.68. The third kappa shape index (κ3) is 61.6. The Bertz CT molecular complexity index is 62.2. The molecule has 45 valence electrons. The van der Waals surface area contributed by atoms with Gasteiger partial charge in [-0.25, -0.2) is 4.57 Å². The maximum absolute atomic E-state index is 8.88. The Morgan fingerprint density at radius 2 is 1.12 bits per heavy atom. The predicted octanol–water partition coefficient (Wildman–Crippen LogP) is -2.50. The van der Waals surface area contributed by atoms with E-state index in [1.54, 1.807) is 0 Å². The van der Waals surface area contributed by atoms with Gasteiger partial charge in [-0.2, -0.15) is 0 Å². The van der Waals surface area contributed by atoms with Crippen molar-refractivity contribution < 1.29 is 37.8 Å². The normalized spacial score (nSPS) is 7.38. The summed E-state index contributed by atoms with van der Waals surface area (Å²) in [6.45, 7) is 0. The zero-order valence-electron chi connectivity index (χ0n) is 3.35. The molecule has 0 aromatic rings. The topological polar surface area (TPSA) is 77.8 Å². The molecule has 0 amide bonds. The molecule has 0 spiro atoms. The van der Waals surface area contributed by atoms with Gasteiger partial charge in [0, 0.05) is 18.6 Å². The number of phosphoric acid groups is 1. The largest absolute Gasteiger partial charge is 0 e. The first kappa shape index (κ1) is 22.5. The SMILES string of the molecule is O=P(O)(O)O.[KH].[SnH2].[V]. The Hall–Kier alpha value is 3.13. The fraction of sp³-hybridized carbons (Fsp3) is 0. The summed E-state index contributed by atoms with van der Waals surface area (Å²) in [4.78, 5) is 21.6. The second kappa shape index (κ2) is 10.1. The van der Waals surface area contributed by atoms with Crippen molar-refractivity contribution in [3.63, 3.8) is 0 Å². The molecule has 0 fully saturated rings. The fourth-order valence-corrected chi connectivity index (χ4v) is 0. The van der Waals surface area contributed by atoms with Crippen LogP contribution in [0.5, 0.6) is 0 Å². The molecule has 8 heavy (non-hydrogen) atoms. The molecule has 0 unspecified atom stereocenters. The summed E-state index contributed by atoms with van der Waals surface area (Å²) in [5.41, 5.74) is 0. The average Bonchev–Trinajstić information content (AvgIpc) is 0.722. The van der Waals surface area contributed by atoms with Crippen LogP contribution in [-0.4, -0.2) is 90.0 Å². The molecular weight excluding hydrogens is 304 g/mol. The van der Waals surface area contributed by atoms with Gasteiger partial charge in [-0.1, -0.05) is 0 Å². The minimum absolute atomic E-state index is 0. The Morgan fingerprint density at radius 1 is 1.12 bits per heavy atom. The van der Waals surface area contributed by atoms with Crippen molar-refractivity contribution in [3.05, 3.63) is 0 Å². The van der Waals surface area contributed by atoms with Crippen LogP contribution in [0.15, 0.2) is 0 Å². The predicted molar refractivity (Wildman–Crippen MR) is 30.0 cm³/mol. The molecule has 3 N–H and O–H groups in total. The van der Waals surface area contributed by atoms with E-state index in [4.69, 9.17) is 19.2 Å². The molecule has 8 heteroatoms. The summed E-state index contributed by atoms with van der Waals surface area (Å²) >= 11 is 0. The maximum atomic E-state index is 8.88. The van der Waals surface area contributed by atoms with E-state index in [2.05, 4.69) is 0 Å². The molecule has 0 aliphatic carbocycles. The van der Waals surface area contributed by atoms with Crippen LogP contribution in [0.25, 0.3) is 0 Å². The monoisotopic (exact) mass is 311 g/mol. The third-order valence-electron chi connectivity index (χ3n) is 0. The molecule has 3 radical (unpaired) electrons. The summed E-state index contributed by atoms with van der Waals surface area (Å²) in [6.07, 6.45) is 0. The molecule has 0 atom stereocenters. The Kier molecular flexibility index (Phi) is 28.4. The Morgan fingerprint density at radius 3 is 1.12 bits per heavy atom. The van der Waals surface area contributed by atoms with Crippen molar-refractivity contribution in [2.24, 2.45) is 0 Å². The van der Waals surface area contributed by atoms with Crippen LogP contribution in [0.4, 0.5) is 0 Å². The smallest absolute Gasteiger partial charge is 0 e. The number of hydrogen-bond donors (Lipinski definition) is 3. The molecule has 4 nitrogen and oxygen atoms in total. The van der Waals surface area contributed by atoms with Gasteiger partial charge in [0.1, 0.15) is 0 Å². The van der Waals surface area contributed by atoms with Crippen molar-refractivity contribution in [3.8, 4) is 0 Å². The summed E-state index contributed by atoms with van der Waals surface area (Å²) < 4.78 is 8.88. The van der Waals surface area contributed by atoms with E-state index in [1.165, 1.54) is 0 Å². The molecular formula is H6KO4PSnV. The van der Waals surface area contributed by atoms with E-state index in [-0.39, 0.29) is 93.8 Å². The van der Waals surface area contributed by atoms with Gasteiger partial charge in [0.2, 0.25) is 0 Å². The van der Waals surface area contributed by atoms with Crippen molar-refractivity contribution in [1.82, 2.24) is 0 Å². The maximum Gasteiger partial charge on any atom is 0 e. The van der Waals surface area contributed by atoms with Gasteiger partial charge in [-0.3, -0.25) is 0 Å². The minimum atomic E-state index is -4.64. The van der Waals surface area contributed by atoms with E-state index >= 15 is 0 Å². The van der Waals surface area contributed by atoms with E-state index in [1.807, 2.05) is 0 Å². The first-order valence-corrected chi connectivity index (χ1v) is 2.35. The first-order chi connectivity index (χ1) is 2.00. The van der Waals surface area contributed by atoms with Gasteiger partial charge in [-0.15, -0.1) is 0 Å². The van der Waals surface area contributed by atoms with Gasteiger partial charge >= 0.3 is 83.1 Å². The van der Waals surface area contributed by atoms with Gasteiger partial charge in [0.05, 0.1) is 0 Å². The van der Waals surface area contributed by atoms with Crippen LogP contribution in [0.3, 0.4) is 0 Å². The summed E-state index contributed by atoms with van der Waals surface area (Å²) in [5.74, 6) is 0. The number of hydrogen-bond acceptors (Lipinski definition) is 1. The van der Waals surface area contributed by atoms with Crippen molar-refractivity contribution in [2.75, 3.05) is 0 Å². The second-order valence-electron chi connectivity index (χ2n) is 0.513. The zero-order chi connectivity index (χ0) is 4.50. The third-order valence-corrected chi connectivity index (χ3v) is 0. The first-order valence-electron chi connectivity index (χ1n) is 0.783. The summed E-state index contributed by atoms with van der Waals surface area (Å²) in [7, 11) is -4.64. The molecule has 0 heterocycles. The standard InChI is InChI=1S/K.H3O4P.Sn.V.3H/c;1-5(2,3)4;;;;;/h;(H3,1,2,3,4);;;;;. The van der Waals surface area contributed by atoms with Gasteiger partial charge in [0.15, 0.2) is 0 Å². The quantitative estimate of drug-likeness (QED) is 0.342. The van der Waals surface area contributed by atoms with E-state index in [0.717, 1.165) is 0 Å². The second-order valence-corrected chi connectivity index (χ2v) is 1.54. The van der Waals surface area contributed by atoms with Gasteiger partial charge in [-0.05, 0) is 0 Å². The van der Waals surface area contributed by atoms with Crippen LogP contribution in [0.1, 0.15) is 0 Å². The molecule has 0 aromatic carbocycles. The van der Waals surface area contributed by atoms with Crippen molar-refractivity contribution >= 4 is 83.1 Å². The molecule has 0 aliphatic heterocycles. The Labute approximate surface area is 118 Å². The molecule has 0 saturated heterocycles. The van der Waals surface area contributed by atoms with E-state index in [9.17, 15) is 0 Å². The van der Waals surface area contributed by atoms with Crippen LogP contribution in [0.2, 0.25) is 0 Å². The van der Waals surface area contributed by atoms with Crippen LogP contribution < -0.4 is 0 Å². The summed E-state index contributed by atoms with van der Waals surface area (Å²) in [5, 5.41) is 0. The van der Waals surface area contributed by atoms with Crippen LogP contribution >= 0.6 is 7.82 Å². The minimum Gasteiger partial charge on any atom is 0 e. The fourth-order valence-electron chi connectivity index (χ4n) is 0. The average molecular weight is 310 g/mol.